The Kier molecular flexibility index (Phi) is 5.26. The van der Waals surface area contributed by atoms with E-state index in [0.29, 0.717) is 17.3 Å². The van der Waals surface area contributed by atoms with Gasteiger partial charge in [0.1, 0.15) is 5.15 Å². The smallest absolute Gasteiger partial charge is 0.255 e. The summed E-state index contributed by atoms with van der Waals surface area (Å²) in [6.07, 6.45) is 0. The molecule has 1 aromatic heterocycles. The zero-order valence-electron chi connectivity index (χ0n) is 12.8. The fourth-order valence-electron chi connectivity index (χ4n) is 2.53. The average molecular weight is 308 g/mol. The van der Waals surface area contributed by atoms with Gasteiger partial charge in [-0.15, -0.1) is 0 Å². The van der Waals surface area contributed by atoms with Crippen molar-refractivity contribution in [2.45, 2.75) is 13.8 Å². The van der Waals surface area contributed by atoms with Gasteiger partial charge in [-0.2, -0.15) is 0 Å². The van der Waals surface area contributed by atoms with Crippen LogP contribution in [0, 0.1) is 0 Å². The van der Waals surface area contributed by atoms with Crippen LogP contribution in [-0.4, -0.2) is 41.6 Å². The number of hydrogen-bond donors (Lipinski definition) is 1. The highest BCUT2D eigenvalue weighted by Gasteiger charge is 2.19. The Hall–Kier alpha value is -1.52. The maximum atomic E-state index is 12.4. The molecule has 1 N–H and O–H groups in total. The molecule has 1 amide bonds. The van der Waals surface area contributed by atoms with E-state index in [1.807, 2.05) is 35.9 Å². The van der Waals surface area contributed by atoms with Crippen LogP contribution in [0.5, 0.6) is 0 Å². The number of rotatable bonds is 6. The highest BCUT2D eigenvalue weighted by atomic mass is 35.5. The van der Waals surface area contributed by atoms with E-state index in [4.69, 9.17) is 11.6 Å². The predicted octanol–water partition coefficient (Wildman–Crippen LogP) is 2.90. The molecule has 0 radical (unpaired) electrons. The third kappa shape index (κ3) is 3.22. The third-order valence-electron chi connectivity index (χ3n) is 3.87. The number of fused-ring (bicyclic) bond motifs is 1. The first-order chi connectivity index (χ1) is 10.1. The zero-order valence-corrected chi connectivity index (χ0v) is 13.6. The second-order valence-corrected chi connectivity index (χ2v) is 5.38. The lowest BCUT2D eigenvalue weighted by Gasteiger charge is -2.17. The van der Waals surface area contributed by atoms with Crippen molar-refractivity contribution in [3.63, 3.8) is 0 Å². The number of halogens is 1. The second kappa shape index (κ2) is 6.96. The van der Waals surface area contributed by atoms with Crippen LogP contribution in [0.15, 0.2) is 24.3 Å². The van der Waals surface area contributed by atoms with Gasteiger partial charge in [-0.3, -0.25) is 4.79 Å². The largest absolute Gasteiger partial charge is 0.351 e. The topological polar surface area (TPSA) is 37.3 Å². The summed E-state index contributed by atoms with van der Waals surface area (Å²) >= 11 is 6.32. The molecule has 0 unspecified atom stereocenters. The highest BCUT2D eigenvalue weighted by molar-refractivity contribution is 6.35. The van der Waals surface area contributed by atoms with Crippen LogP contribution < -0.4 is 5.32 Å². The molecule has 0 atom stereocenters. The second-order valence-electron chi connectivity index (χ2n) is 5.02. The minimum atomic E-state index is -0.107. The summed E-state index contributed by atoms with van der Waals surface area (Å²) < 4.78 is 1.84. The molecular formula is C16H22ClN3O. The predicted molar refractivity (Wildman–Crippen MR) is 88.1 cm³/mol. The van der Waals surface area contributed by atoms with Gasteiger partial charge < -0.3 is 14.8 Å². The Morgan fingerprint density at radius 1 is 1.29 bits per heavy atom. The number of para-hydroxylation sites is 1. The lowest BCUT2D eigenvalue weighted by atomic mass is 10.1. The Balaban J connectivity index is 2.15. The Morgan fingerprint density at radius 2 is 1.95 bits per heavy atom. The summed E-state index contributed by atoms with van der Waals surface area (Å²) in [5.74, 6) is -0.107. The first-order valence-electron chi connectivity index (χ1n) is 7.33. The van der Waals surface area contributed by atoms with Gasteiger partial charge in [-0.25, -0.2) is 0 Å². The van der Waals surface area contributed by atoms with Crippen LogP contribution in [-0.2, 0) is 7.05 Å². The molecule has 0 aliphatic carbocycles. The van der Waals surface area contributed by atoms with Crippen LogP contribution in [0.3, 0.4) is 0 Å². The minimum Gasteiger partial charge on any atom is -0.351 e. The number of nitrogens with zero attached hydrogens (tertiary/aromatic N) is 2. The van der Waals surface area contributed by atoms with Crippen molar-refractivity contribution < 1.29 is 4.79 Å². The molecule has 5 heteroatoms. The lowest BCUT2D eigenvalue weighted by Crippen LogP contribution is -2.34. The number of carbonyl (C=O) groups excluding carboxylic acids is 1. The van der Waals surface area contributed by atoms with Gasteiger partial charge in [0.05, 0.1) is 5.56 Å². The van der Waals surface area contributed by atoms with Crippen molar-refractivity contribution in [2.75, 3.05) is 26.2 Å². The van der Waals surface area contributed by atoms with Crippen molar-refractivity contribution >= 4 is 28.4 Å². The van der Waals surface area contributed by atoms with Crippen molar-refractivity contribution in [3.05, 3.63) is 35.0 Å². The molecule has 1 heterocycles. The number of benzene rings is 1. The van der Waals surface area contributed by atoms with Gasteiger partial charge in [0.25, 0.3) is 5.91 Å². The molecule has 1 aromatic carbocycles. The summed E-state index contributed by atoms with van der Waals surface area (Å²) in [6.45, 7) is 7.68. The SMILES string of the molecule is CCN(CC)CCNC(=O)c1c(Cl)n(C)c2ccccc12. The highest BCUT2D eigenvalue weighted by Crippen LogP contribution is 2.28. The van der Waals surface area contributed by atoms with Gasteiger partial charge in [0.15, 0.2) is 0 Å². The van der Waals surface area contributed by atoms with Crippen molar-refractivity contribution in [1.29, 1.82) is 0 Å². The number of hydrogen-bond acceptors (Lipinski definition) is 2. The summed E-state index contributed by atoms with van der Waals surface area (Å²) in [4.78, 5) is 14.7. The number of amides is 1. The number of carbonyl (C=O) groups is 1. The molecule has 21 heavy (non-hydrogen) atoms. The van der Waals surface area contributed by atoms with E-state index in [9.17, 15) is 4.79 Å². The number of aromatic nitrogens is 1. The summed E-state index contributed by atoms with van der Waals surface area (Å²) in [7, 11) is 1.87. The molecule has 2 aromatic rings. The van der Waals surface area contributed by atoms with Gasteiger partial charge in [0.2, 0.25) is 0 Å². The lowest BCUT2D eigenvalue weighted by molar-refractivity contribution is 0.0950. The Labute approximate surface area is 130 Å². The number of aryl methyl sites for hydroxylation is 1. The normalized spacial score (nSPS) is 11.3. The fourth-order valence-corrected chi connectivity index (χ4v) is 2.81. The first kappa shape index (κ1) is 15.9. The van der Waals surface area contributed by atoms with E-state index in [0.717, 1.165) is 30.5 Å². The average Bonchev–Trinajstić information content (AvgIpc) is 2.76. The summed E-state index contributed by atoms with van der Waals surface area (Å²) in [6, 6.07) is 7.76. The molecule has 4 nitrogen and oxygen atoms in total. The van der Waals surface area contributed by atoms with Gasteiger partial charge in [-0.1, -0.05) is 43.6 Å². The molecule has 0 saturated carbocycles. The van der Waals surface area contributed by atoms with Gasteiger partial charge in [-0.05, 0) is 19.2 Å². The monoisotopic (exact) mass is 307 g/mol. The quantitative estimate of drug-likeness (QED) is 0.891. The van der Waals surface area contributed by atoms with E-state index >= 15 is 0 Å². The Morgan fingerprint density at radius 3 is 2.62 bits per heavy atom. The third-order valence-corrected chi connectivity index (χ3v) is 4.31. The van der Waals surface area contributed by atoms with Crippen molar-refractivity contribution in [3.8, 4) is 0 Å². The molecular weight excluding hydrogens is 286 g/mol. The minimum absolute atomic E-state index is 0.107. The Bertz CT molecular complexity index is 632. The maximum absolute atomic E-state index is 12.4. The van der Waals surface area contributed by atoms with E-state index in [-0.39, 0.29) is 5.91 Å². The van der Waals surface area contributed by atoms with E-state index in [2.05, 4.69) is 24.1 Å². The molecule has 2 rings (SSSR count). The van der Waals surface area contributed by atoms with Crippen LogP contribution in [0.25, 0.3) is 10.9 Å². The van der Waals surface area contributed by atoms with Crippen molar-refractivity contribution in [2.24, 2.45) is 7.05 Å². The first-order valence-corrected chi connectivity index (χ1v) is 7.71. The molecule has 0 aliphatic rings. The van der Waals surface area contributed by atoms with E-state index in [1.54, 1.807) is 0 Å². The summed E-state index contributed by atoms with van der Waals surface area (Å²) in [5.41, 5.74) is 1.53. The zero-order chi connectivity index (χ0) is 15.4. The summed E-state index contributed by atoms with van der Waals surface area (Å²) in [5, 5.41) is 4.34. The molecule has 114 valence electrons. The van der Waals surface area contributed by atoms with Gasteiger partial charge >= 0.3 is 0 Å². The van der Waals surface area contributed by atoms with Crippen LogP contribution in [0.1, 0.15) is 24.2 Å². The van der Waals surface area contributed by atoms with E-state index < -0.39 is 0 Å². The molecule has 0 saturated heterocycles. The molecule has 0 fully saturated rings. The number of nitrogens with one attached hydrogen (secondary N) is 1. The maximum Gasteiger partial charge on any atom is 0.255 e. The van der Waals surface area contributed by atoms with Crippen LogP contribution in [0.4, 0.5) is 0 Å². The molecule has 0 aliphatic heterocycles. The van der Waals surface area contributed by atoms with E-state index in [1.165, 1.54) is 0 Å². The fraction of sp³-hybridized carbons (Fsp3) is 0.438. The number of likely N-dealkylation sites (N-methyl/N-ethyl adjacent to an activating group) is 1. The molecule has 0 bridgehead atoms. The van der Waals surface area contributed by atoms with Crippen LogP contribution >= 0.6 is 11.6 Å². The van der Waals surface area contributed by atoms with Crippen LogP contribution in [0.2, 0.25) is 5.15 Å². The molecule has 0 spiro atoms. The standard InChI is InChI=1S/C16H22ClN3O/c1-4-20(5-2)11-10-18-16(21)14-12-8-6-7-9-13(12)19(3)15(14)17/h6-9H,4-5,10-11H2,1-3H3,(H,18,21). The van der Waals surface area contributed by atoms with Gasteiger partial charge in [0, 0.05) is 31.0 Å². The van der Waals surface area contributed by atoms with Crippen molar-refractivity contribution in [1.82, 2.24) is 14.8 Å².